The summed E-state index contributed by atoms with van der Waals surface area (Å²) < 4.78 is 27.9. The number of pyridine rings is 1. The molecule has 1 aromatic rings. The van der Waals surface area contributed by atoms with Gasteiger partial charge in [-0.2, -0.15) is 12.7 Å². The highest BCUT2D eigenvalue weighted by Crippen LogP contribution is 2.26. The normalized spacial score (nSPS) is 21.3. The van der Waals surface area contributed by atoms with Crippen LogP contribution >= 0.6 is 0 Å². The van der Waals surface area contributed by atoms with E-state index in [4.69, 9.17) is 5.73 Å². The van der Waals surface area contributed by atoms with E-state index < -0.39 is 10.2 Å². The first kappa shape index (κ1) is 14.1. The third-order valence-electron chi connectivity index (χ3n) is 3.46. The smallest absolute Gasteiger partial charge is 0.303 e. The first-order valence-corrected chi connectivity index (χ1v) is 7.76. The highest BCUT2D eigenvalue weighted by atomic mass is 32.2. The zero-order chi connectivity index (χ0) is 14.0. The molecule has 0 aliphatic carbocycles. The number of nitrogens with two attached hydrogens (primary N) is 1. The van der Waals surface area contributed by atoms with Gasteiger partial charge in [-0.25, -0.2) is 0 Å². The van der Waals surface area contributed by atoms with E-state index in [-0.39, 0.29) is 0 Å². The summed E-state index contributed by atoms with van der Waals surface area (Å²) in [6.45, 7) is 3.21. The fraction of sp³-hybridized carbons (Fsp3) is 0.583. The van der Waals surface area contributed by atoms with Crippen molar-refractivity contribution in [2.45, 2.75) is 19.8 Å². The van der Waals surface area contributed by atoms with Crippen LogP contribution in [0.4, 0.5) is 11.4 Å². The molecular formula is C12H20N4O2S. The zero-order valence-corrected chi connectivity index (χ0v) is 12.1. The monoisotopic (exact) mass is 284 g/mol. The molecule has 6 nitrogen and oxygen atoms in total. The Labute approximate surface area is 114 Å². The van der Waals surface area contributed by atoms with Gasteiger partial charge in [0, 0.05) is 26.3 Å². The van der Waals surface area contributed by atoms with Crippen molar-refractivity contribution in [2.24, 2.45) is 5.92 Å². The van der Waals surface area contributed by atoms with Gasteiger partial charge in [-0.15, -0.1) is 0 Å². The number of nitrogen functional groups attached to an aromatic ring is 1. The lowest BCUT2D eigenvalue weighted by Crippen LogP contribution is -2.46. The number of hydrogen-bond donors (Lipinski definition) is 1. The maximum absolute atomic E-state index is 12.6. The van der Waals surface area contributed by atoms with Crippen LogP contribution in [0, 0.1) is 5.92 Å². The molecule has 1 aliphatic rings. The van der Waals surface area contributed by atoms with Gasteiger partial charge in [0.2, 0.25) is 0 Å². The van der Waals surface area contributed by atoms with Gasteiger partial charge in [0.15, 0.2) is 0 Å². The molecule has 19 heavy (non-hydrogen) atoms. The van der Waals surface area contributed by atoms with Crippen molar-refractivity contribution >= 4 is 21.6 Å². The summed E-state index contributed by atoms with van der Waals surface area (Å²) in [7, 11) is -1.98. The molecule has 2 N–H and O–H groups in total. The zero-order valence-electron chi connectivity index (χ0n) is 11.3. The third-order valence-corrected chi connectivity index (χ3v) is 5.33. The Balaban J connectivity index is 2.26. The minimum atomic E-state index is -3.51. The van der Waals surface area contributed by atoms with Crippen LogP contribution in [0.1, 0.15) is 19.8 Å². The van der Waals surface area contributed by atoms with Crippen molar-refractivity contribution in [3.63, 3.8) is 0 Å². The predicted molar refractivity (Wildman–Crippen MR) is 75.9 cm³/mol. The van der Waals surface area contributed by atoms with Gasteiger partial charge in [0.25, 0.3) is 0 Å². The molecule has 0 spiro atoms. The van der Waals surface area contributed by atoms with Crippen LogP contribution in [-0.4, -0.2) is 37.8 Å². The third kappa shape index (κ3) is 2.82. The van der Waals surface area contributed by atoms with Crippen LogP contribution in [0.2, 0.25) is 0 Å². The maximum atomic E-state index is 12.6. The van der Waals surface area contributed by atoms with Gasteiger partial charge in [-0.1, -0.05) is 6.92 Å². The first-order chi connectivity index (χ1) is 8.93. The number of rotatable bonds is 3. The van der Waals surface area contributed by atoms with E-state index in [9.17, 15) is 8.42 Å². The van der Waals surface area contributed by atoms with Crippen molar-refractivity contribution < 1.29 is 8.42 Å². The van der Waals surface area contributed by atoms with Crippen molar-refractivity contribution in [3.05, 3.63) is 18.5 Å². The Hall–Kier alpha value is -1.34. The van der Waals surface area contributed by atoms with E-state index in [0.29, 0.717) is 30.4 Å². The maximum Gasteiger partial charge on any atom is 0.303 e. The first-order valence-electron chi connectivity index (χ1n) is 6.36. The number of nitrogens with zero attached hydrogens (tertiary/aromatic N) is 3. The van der Waals surface area contributed by atoms with Crippen LogP contribution in [0.5, 0.6) is 0 Å². The van der Waals surface area contributed by atoms with E-state index in [1.807, 2.05) is 0 Å². The number of piperidine rings is 1. The van der Waals surface area contributed by atoms with Gasteiger partial charge in [0.05, 0.1) is 17.6 Å². The quantitative estimate of drug-likeness (QED) is 0.900. The summed E-state index contributed by atoms with van der Waals surface area (Å²) in [6, 6.07) is 1.61. The molecule has 1 atom stereocenters. The lowest BCUT2D eigenvalue weighted by molar-refractivity contribution is 0.281. The molecule has 7 heteroatoms. The average molecular weight is 284 g/mol. The molecule has 2 heterocycles. The Morgan fingerprint density at radius 3 is 2.89 bits per heavy atom. The van der Waals surface area contributed by atoms with Crippen molar-refractivity contribution in [1.82, 2.24) is 9.29 Å². The Morgan fingerprint density at radius 2 is 2.26 bits per heavy atom. The lowest BCUT2D eigenvalue weighted by Gasteiger charge is -2.34. The Morgan fingerprint density at radius 1 is 1.53 bits per heavy atom. The SMILES string of the molecule is CC1CCCN(S(=O)(=O)N(C)c2ccncc2N)C1. The Kier molecular flexibility index (Phi) is 3.96. The molecule has 0 bridgehead atoms. The van der Waals surface area contributed by atoms with Gasteiger partial charge in [-0.3, -0.25) is 9.29 Å². The van der Waals surface area contributed by atoms with Crippen molar-refractivity contribution in [1.29, 1.82) is 0 Å². The van der Waals surface area contributed by atoms with Gasteiger partial charge in [-0.05, 0) is 24.8 Å². The average Bonchev–Trinajstić information content (AvgIpc) is 2.38. The second-order valence-corrected chi connectivity index (χ2v) is 6.97. The summed E-state index contributed by atoms with van der Waals surface area (Å²) in [5.41, 5.74) is 6.61. The van der Waals surface area contributed by atoms with E-state index in [2.05, 4.69) is 11.9 Å². The summed E-state index contributed by atoms with van der Waals surface area (Å²) in [6.07, 6.45) is 4.98. The van der Waals surface area contributed by atoms with Gasteiger partial charge >= 0.3 is 10.2 Å². The molecule has 0 amide bonds. The van der Waals surface area contributed by atoms with E-state index in [1.54, 1.807) is 6.07 Å². The van der Waals surface area contributed by atoms with Crippen LogP contribution in [0.15, 0.2) is 18.5 Å². The second kappa shape index (κ2) is 5.34. The topological polar surface area (TPSA) is 79.5 Å². The standard InChI is InChI=1S/C12H20N4O2S/c1-10-4-3-7-16(9-10)19(17,18)15(2)12-5-6-14-8-11(12)13/h5-6,8,10H,3-4,7,9,13H2,1-2H3. The summed E-state index contributed by atoms with van der Waals surface area (Å²) in [4.78, 5) is 3.87. The van der Waals surface area contributed by atoms with Crippen molar-refractivity contribution in [3.8, 4) is 0 Å². The van der Waals surface area contributed by atoms with Gasteiger partial charge in [0.1, 0.15) is 0 Å². The molecule has 1 aliphatic heterocycles. The molecule has 0 radical (unpaired) electrons. The van der Waals surface area contributed by atoms with Crippen LogP contribution in [-0.2, 0) is 10.2 Å². The Bertz CT molecular complexity index is 546. The molecule has 1 fully saturated rings. The molecule has 106 valence electrons. The molecule has 0 aromatic carbocycles. The minimum absolute atomic E-state index is 0.360. The fourth-order valence-electron chi connectivity index (χ4n) is 2.34. The molecule has 1 saturated heterocycles. The van der Waals surface area contributed by atoms with E-state index >= 15 is 0 Å². The number of hydrogen-bond acceptors (Lipinski definition) is 4. The summed E-state index contributed by atoms with van der Waals surface area (Å²) >= 11 is 0. The van der Waals surface area contributed by atoms with Crippen LogP contribution in [0.3, 0.4) is 0 Å². The number of aromatic nitrogens is 1. The fourth-order valence-corrected chi connectivity index (χ4v) is 3.90. The summed E-state index contributed by atoms with van der Waals surface area (Å²) in [5, 5.41) is 0. The molecular weight excluding hydrogens is 264 g/mol. The molecule has 0 saturated carbocycles. The van der Waals surface area contributed by atoms with Gasteiger partial charge < -0.3 is 5.73 Å². The van der Waals surface area contributed by atoms with E-state index in [1.165, 1.54) is 28.1 Å². The van der Waals surface area contributed by atoms with E-state index in [0.717, 1.165) is 12.8 Å². The number of anilines is 2. The lowest BCUT2D eigenvalue weighted by atomic mass is 10.0. The molecule has 1 aromatic heterocycles. The molecule has 2 rings (SSSR count). The highest BCUT2D eigenvalue weighted by Gasteiger charge is 2.31. The molecule has 1 unspecified atom stereocenters. The van der Waals surface area contributed by atoms with Crippen LogP contribution in [0.25, 0.3) is 0 Å². The minimum Gasteiger partial charge on any atom is -0.396 e. The second-order valence-electron chi connectivity index (χ2n) is 5.02. The van der Waals surface area contributed by atoms with Crippen molar-refractivity contribution in [2.75, 3.05) is 30.2 Å². The highest BCUT2D eigenvalue weighted by molar-refractivity contribution is 7.90. The van der Waals surface area contributed by atoms with Crippen LogP contribution < -0.4 is 10.0 Å². The predicted octanol–water partition coefficient (Wildman–Crippen LogP) is 1.08. The largest absolute Gasteiger partial charge is 0.396 e. The summed E-state index contributed by atoms with van der Waals surface area (Å²) in [5.74, 6) is 0.395.